The number of allylic oxidation sites excluding steroid dienone is 4. The maximum absolute atomic E-state index is 11.0. The Bertz CT molecular complexity index is 579. The summed E-state index contributed by atoms with van der Waals surface area (Å²) in [6.07, 6.45) is 14.5. The Kier molecular flexibility index (Phi) is 10.5. The number of unbranched alkanes of at least 4 members (excludes halogenated alkanes) is 2. The summed E-state index contributed by atoms with van der Waals surface area (Å²) in [4.78, 5) is 11.0. The zero-order valence-electron chi connectivity index (χ0n) is 16.1. The zero-order valence-corrected chi connectivity index (χ0v) is 16.1. The maximum atomic E-state index is 11.0. The minimum absolute atomic E-state index is 0.191. The second kappa shape index (κ2) is 13.3. The third-order valence-electron chi connectivity index (χ3n) is 4.58. The monoisotopic (exact) mass is 372 g/mol. The molecular weight excluding hydrogens is 340 g/mol. The molecule has 1 heterocycles. The number of cyclic esters (lactones) is 1. The van der Waals surface area contributed by atoms with Gasteiger partial charge < -0.3 is 14.6 Å². The van der Waals surface area contributed by atoms with Gasteiger partial charge in [-0.3, -0.25) is 4.79 Å². The summed E-state index contributed by atoms with van der Waals surface area (Å²) in [6, 6.07) is 10.2. The lowest BCUT2D eigenvalue weighted by atomic mass is 10.1. The zero-order chi connectivity index (χ0) is 19.2. The molecule has 1 aromatic carbocycles. The summed E-state index contributed by atoms with van der Waals surface area (Å²) in [5.41, 5.74) is 1.22. The van der Waals surface area contributed by atoms with E-state index >= 15 is 0 Å². The molecule has 4 nitrogen and oxygen atoms in total. The molecule has 0 bridgehead atoms. The molecule has 2 atom stereocenters. The molecule has 27 heavy (non-hydrogen) atoms. The molecule has 1 aromatic rings. The average Bonchev–Trinajstić information content (AvgIpc) is 3.12. The third-order valence-corrected chi connectivity index (χ3v) is 4.58. The van der Waals surface area contributed by atoms with Gasteiger partial charge in [-0.05, 0) is 50.5 Å². The number of aliphatic hydroxyl groups is 1. The average molecular weight is 373 g/mol. The predicted molar refractivity (Wildman–Crippen MR) is 107 cm³/mol. The first kappa shape index (κ1) is 21.4. The lowest BCUT2D eigenvalue weighted by Crippen LogP contribution is -2.25. The highest BCUT2D eigenvalue weighted by Crippen LogP contribution is 2.19. The van der Waals surface area contributed by atoms with Crippen molar-refractivity contribution in [1.29, 1.82) is 0 Å². The molecule has 1 saturated heterocycles. The van der Waals surface area contributed by atoms with Crippen LogP contribution in [-0.2, 0) is 20.9 Å². The van der Waals surface area contributed by atoms with Crippen LogP contribution in [0.3, 0.4) is 0 Å². The highest BCUT2D eigenvalue weighted by molar-refractivity contribution is 5.71. The molecule has 0 unspecified atom stereocenters. The van der Waals surface area contributed by atoms with E-state index in [1.807, 2.05) is 18.2 Å². The fourth-order valence-electron chi connectivity index (χ4n) is 3.00. The normalized spacial score (nSPS) is 18.4. The summed E-state index contributed by atoms with van der Waals surface area (Å²) in [5.74, 6) is -0.191. The number of carbonyl (C=O) groups is 1. The Labute approximate surface area is 162 Å². The number of benzene rings is 1. The topological polar surface area (TPSA) is 55.8 Å². The van der Waals surface area contributed by atoms with Crippen LogP contribution >= 0.6 is 0 Å². The third kappa shape index (κ3) is 9.55. The Balaban J connectivity index is 1.39. The van der Waals surface area contributed by atoms with Gasteiger partial charge in [-0.1, -0.05) is 54.6 Å². The Morgan fingerprint density at radius 3 is 2.48 bits per heavy atom. The van der Waals surface area contributed by atoms with Crippen LogP contribution in [0.5, 0.6) is 0 Å². The van der Waals surface area contributed by atoms with Gasteiger partial charge in [-0.25, -0.2) is 0 Å². The minimum atomic E-state index is -0.537. The van der Waals surface area contributed by atoms with Gasteiger partial charge >= 0.3 is 5.97 Å². The quantitative estimate of drug-likeness (QED) is 0.309. The molecule has 0 saturated carbocycles. The minimum Gasteiger partial charge on any atom is -0.460 e. The highest BCUT2D eigenvalue weighted by atomic mass is 16.6. The second-order valence-electron chi connectivity index (χ2n) is 6.91. The van der Waals surface area contributed by atoms with Crippen LogP contribution < -0.4 is 0 Å². The van der Waals surface area contributed by atoms with Gasteiger partial charge in [0.1, 0.15) is 6.10 Å². The van der Waals surface area contributed by atoms with E-state index in [4.69, 9.17) is 9.47 Å². The van der Waals surface area contributed by atoms with Gasteiger partial charge in [0, 0.05) is 13.0 Å². The van der Waals surface area contributed by atoms with Crippen LogP contribution in [0.15, 0.2) is 54.6 Å². The Morgan fingerprint density at radius 2 is 1.78 bits per heavy atom. The van der Waals surface area contributed by atoms with Gasteiger partial charge in [-0.15, -0.1) is 0 Å². The number of esters is 1. The lowest BCUT2D eigenvalue weighted by molar-refractivity contribution is -0.145. The molecule has 2 rings (SSSR count). The van der Waals surface area contributed by atoms with Crippen LogP contribution in [0.1, 0.15) is 56.9 Å². The number of carbonyl (C=O) groups excluding carboxylic acids is 1. The SMILES string of the molecule is O=C1CC[C@@H]([C@@H](O)CC/C=C\CC/C=C/CCCOCc2ccccc2)O1. The number of ether oxygens (including phenoxy) is 2. The summed E-state index contributed by atoms with van der Waals surface area (Å²) < 4.78 is 10.7. The summed E-state index contributed by atoms with van der Waals surface area (Å²) in [6.45, 7) is 1.48. The summed E-state index contributed by atoms with van der Waals surface area (Å²) in [5, 5.41) is 9.96. The molecule has 1 aliphatic rings. The van der Waals surface area contributed by atoms with Gasteiger partial charge in [0.15, 0.2) is 0 Å². The fraction of sp³-hybridized carbons (Fsp3) is 0.522. The van der Waals surface area contributed by atoms with Crippen molar-refractivity contribution < 1.29 is 19.4 Å². The van der Waals surface area contributed by atoms with Crippen molar-refractivity contribution in [2.75, 3.05) is 6.61 Å². The van der Waals surface area contributed by atoms with Crippen LogP contribution in [-0.4, -0.2) is 29.9 Å². The number of rotatable bonds is 13. The largest absolute Gasteiger partial charge is 0.460 e. The van der Waals surface area contributed by atoms with Crippen molar-refractivity contribution in [2.24, 2.45) is 0 Å². The summed E-state index contributed by atoms with van der Waals surface area (Å²) in [7, 11) is 0. The second-order valence-corrected chi connectivity index (χ2v) is 6.91. The number of aliphatic hydroxyl groups excluding tert-OH is 1. The van der Waals surface area contributed by atoms with Gasteiger partial charge in [0.2, 0.25) is 0 Å². The van der Waals surface area contributed by atoms with E-state index in [9.17, 15) is 9.90 Å². The molecule has 1 fully saturated rings. The lowest BCUT2D eigenvalue weighted by Gasteiger charge is -2.15. The molecule has 4 heteroatoms. The first-order valence-corrected chi connectivity index (χ1v) is 10.0. The molecule has 1 aliphatic heterocycles. The fourth-order valence-corrected chi connectivity index (χ4v) is 3.00. The molecule has 0 spiro atoms. The van der Waals surface area contributed by atoms with Crippen molar-refractivity contribution >= 4 is 5.97 Å². The van der Waals surface area contributed by atoms with Crippen molar-refractivity contribution in [3.8, 4) is 0 Å². The number of hydrogen-bond donors (Lipinski definition) is 1. The van der Waals surface area contributed by atoms with Crippen LogP contribution in [0.25, 0.3) is 0 Å². The van der Waals surface area contributed by atoms with Crippen molar-refractivity contribution in [3.63, 3.8) is 0 Å². The van der Waals surface area contributed by atoms with E-state index in [0.29, 0.717) is 25.9 Å². The molecule has 148 valence electrons. The van der Waals surface area contributed by atoms with Gasteiger partial charge in [-0.2, -0.15) is 0 Å². The smallest absolute Gasteiger partial charge is 0.306 e. The highest BCUT2D eigenvalue weighted by Gasteiger charge is 2.29. The molecule has 0 radical (unpaired) electrons. The van der Waals surface area contributed by atoms with Crippen LogP contribution in [0, 0.1) is 0 Å². The maximum Gasteiger partial charge on any atom is 0.306 e. The Hall–Kier alpha value is -1.91. The number of hydrogen-bond acceptors (Lipinski definition) is 4. The molecular formula is C23H32O4. The van der Waals surface area contributed by atoms with E-state index in [0.717, 1.165) is 38.7 Å². The van der Waals surface area contributed by atoms with Gasteiger partial charge in [0.05, 0.1) is 12.7 Å². The first-order chi connectivity index (χ1) is 13.3. The first-order valence-electron chi connectivity index (χ1n) is 10.0. The van der Waals surface area contributed by atoms with E-state index in [-0.39, 0.29) is 12.1 Å². The molecule has 0 aliphatic carbocycles. The van der Waals surface area contributed by atoms with Crippen molar-refractivity contribution in [1.82, 2.24) is 0 Å². The van der Waals surface area contributed by atoms with E-state index in [2.05, 4.69) is 36.4 Å². The van der Waals surface area contributed by atoms with E-state index < -0.39 is 6.10 Å². The van der Waals surface area contributed by atoms with Crippen LogP contribution in [0.2, 0.25) is 0 Å². The Morgan fingerprint density at radius 1 is 1.07 bits per heavy atom. The van der Waals surface area contributed by atoms with E-state index in [1.165, 1.54) is 5.56 Å². The standard InChI is InChI=1S/C23H32O4/c24-21(22-16-17-23(25)27-22)15-11-6-4-2-1-3-5-7-12-18-26-19-20-13-9-8-10-14-20/h3-6,8-10,13-14,21-22,24H,1-2,7,11-12,15-19H2/b5-3+,6-4-/t21-,22-/m0/s1. The van der Waals surface area contributed by atoms with Crippen molar-refractivity contribution in [3.05, 3.63) is 60.2 Å². The van der Waals surface area contributed by atoms with Crippen molar-refractivity contribution in [2.45, 2.75) is 70.2 Å². The van der Waals surface area contributed by atoms with Crippen LogP contribution in [0.4, 0.5) is 0 Å². The molecule has 1 N–H and O–H groups in total. The van der Waals surface area contributed by atoms with E-state index in [1.54, 1.807) is 0 Å². The summed E-state index contributed by atoms with van der Waals surface area (Å²) >= 11 is 0. The molecule has 0 amide bonds. The molecule has 0 aromatic heterocycles. The van der Waals surface area contributed by atoms with Gasteiger partial charge in [0.25, 0.3) is 0 Å². The predicted octanol–water partition coefficient (Wildman–Crippen LogP) is 4.72.